The maximum atomic E-state index is 5.36. The van der Waals surface area contributed by atoms with Gasteiger partial charge in [0.25, 0.3) is 0 Å². The zero-order valence-electron chi connectivity index (χ0n) is 12.6. The summed E-state index contributed by atoms with van der Waals surface area (Å²) in [4.78, 5) is 8.68. The Morgan fingerprint density at radius 2 is 1.57 bits per heavy atom. The number of hydrogen-bond acceptors (Lipinski definition) is 2. The molecule has 0 radical (unpaired) electrons. The van der Waals surface area contributed by atoms with E-state index in [9.17, 15) is 0 Å². The predicted octanol–water partition coefficient (Wildman–Crippen LogP) is 4.57. The fourth-order valence-corrected chi connectivity index (χ4v) is 2.40. The summed E-state index contributed by atoms with van der Waals surface area (Å²) in [6.45, 7) is 0. The van der Waals surface area contributed by atoms with Crippen molar-refractivity contribution in [2.75, 3.05) is 0 Å². The molecule has 3 heteroatoms. The average molecular weight is 299 g/mol. The highest BCUT2D eigenvalue weighted by molar-refractivity contribution is 6.11. The predicted molar refractivity (Wildman–Crippen MR) is 99.2 cm³/mol. The van der Waals surface area contributed by atoms with Crippen molar-refractivity contribution in [1.29, 1.82) is 0 Å². The fourth-order valence-electron chi connectivity index (χ4n) is 2.40. The second-order valence-corrected chi connectivity index (χ2v) is 5.01. The molecule has 23 heavy (non-hydrogen) atoms. The van der Waals surface area contributed by atoms with Gasteiger partial charge in [-0.05, 0) is 17.0 Å². The summed E-state index contributed by atoms with van der Waals surface area (Å²) in [7, 11) is 0. The van der Waals surface area contributed by atoms with Crippen molar-refractivity contribution in [2.24, 2.45) is 15.7 Å². The van der Waals surface area contributed by atoms with Crippen LogP contribution in [-0.4, -0.2) is 12.6 Å². The molecule has 0 unspecified atom stereocenters. The molecule has 0 amide bonds. The van der Waals surface area contributed by atoms with Gasteiger partial charge in [-0.1, -0.05) is 66.7 Å². The Hall–Kier alpha value is -3.20. The van der Waals surface area contributed by atoms with E-state index < -0.39 is 0 Å². The SMILES string of the molecule is NC=N/C=C(\C=Nc1cccc2ccccc12)c1ccccc1. The number of aliphatic imine (C=N–C) groups is 2. The molecule has 0 aromatic heterocycles. The Morgan fingerprint density at radius 1 is 0.826 bits per heavy atom. The number of benzene rings is 3. The van der Waals surface area contributed by atoms with E-state index in [0.29, 0.717) is 0 Å². The zero-order valence-corrected chi connectivity index (χ0v) is 12.6. The number of rotatable bonds is 4. The second kappa shape index (κ2) is 7.18. The lowest BCUT2D eigenvalue weighted by Gasteiger charge is -2.03. The molecule has 0 fully saturated rings. The Morgan fingerprint density at radius 3 is 2.39 bits per heavy atom. The van der Waals surface area contributed by atoms with Crippen LogP contribution in [0.4, 0.5) is 5.69 Å². The van der Waals surface area contributed by atoms with Crippen molar-refractivity contribution < 1.29 is 0 Å². The van der Waals surface area contributed by atoms with Gasteiger partial charge in [0, 0.05) is 23.4 Å². The summed E-state index contributed by atoms with van der Waals surface area (Å²) >= 11 is 0. The molecule has 3 rings (SSSR count). The summed E-state index contributed by atoms with van der Waals surface area (Å²) in [5.74, 6) is 0. The number of fused-ring (bicyclic) bond motifs is 1. The smallest absolute Gasteiger partial charge is 0.0853 e. The number of hydrogen-bond donors (Lipinski definition) is 1. The van der Waals surface area contributed by atoms with Crippen molar-refractivity contribution >= 4 is 34.6 Å². The van der Waals surface area contributed by atoms with E-state index in [1.807, 2.05) is 60.8 Å². The van der Waals surface area contributed by atoms with Gasteiger partial charge in [0.05, 0.1) is 12.0 Å². The van der Waals surface area contributed by atoms with Crippen molar-refractivity contribution in [3.63, 3.8) is 0 Å². The minimum atomic E-state index is 0.903. The molecule has 0 saturated heterocycles. The van der Waals surface area contributed by atoms with Crippen LogP contribution in [0.1, 0.15) is 5.56 Å². The molecule has 3 nitrogen and oxygen atoms in total. The highest BCUT2D eigenvalue weighted by atomic mass is 14.8. The summed E-state index contributed by atoms with van der Waals surface area (Å²) < 4.78 is 0. The molecule has 0 saturated carbocycles. The molecule has 0 atom stereocenters. The van der Waals surface area contributed by atoms with Crippen molar-refractivity contribution in [3.05, 3.63) is 84.6 Å². The van der Waals surface area contributed by atoms with Crippen LogP contribution in [0.25, 0.3) is 16.3 Å². The quantitative estimate of drug-likeness (QED) is 0.557. The maximum Gasteiger partial charge on any atom is 0.0853 e. The van der Waals surface area contributed by atoms with Gasteiger partial charge in [-0.3, -0.25) is 4.99 Å². The largest absolute Gasteiger partial charge is 0.390 e. The van der Waals surface area contributed by atoms with Crippen LogP contribution < -0.4 is 5.73 Å². The van der Waals surface area contributed by atoms with Crippen LogP contribution in [-0.2, 0) is 0 Å². The first kappa shape index (κ1) is 14.7. The van der Waals surface area contributed by atoms with Gasteiger partial charge in [-0.15, -0.1) is 0 Å². The zero-order chi connectivity index (χ0) is 15.9. The third-order valence-electron chi connectivity index (χ3n) is 3.52. The molecule has 0 spiro atoms. The molecular weight excluding hydrogens is 282 g/mol. The highest BCUT2D eigenvalue weighted by Gasteiger charge is 2.00. The van der Waals surface area contributed by atoms with E-state index in [1.165, 1.54) is 11.7 Å². The van der Waals surface area contributed by atoms with Gasteiger partial charge in [0.1, 0.15) is 0 Å². The minimum Gasteiger partial charge on any atom is -0.390 e. The van der Waals surface area contributed by atoms with Crippen LogP contribution in [0.5, 0.6) is 0 Å². The third kappa shape index (κ3) is 3.52. The van der Waals surface area contributed by atoms with Crippen molar-refractivity contribution in [3.8, 4) is 0 Å². The summed E-state index contributed by atoms with van der Waals surface area (Å²) in [6.07, 6.45) is 4.81. The van der Waals surface area contributed by atoms with E-state index in [0.717, 1.165) is 22.2 Å². The molecule has 0 aliphatic carbocycles. The van der Waals surface area contributed by atoms with Crippen LogP contribution in [0.3, 0.4) is 0 Å². The lowest BCUT2D eigenvalue weighted by molar-refractivity contribution is 1.53. The Bertz CT molecular complexity index is 872. The van der Waals surface area contributed by atoms with E-state index >= 15 is 0 Å². The summed E-state index contributed by atoms with van der Waals surface area (Å²) in [6, 6.07) is 24.3. The molecule has 0 bridgehead atoms. The first-order chi connectivity index (χ1) is 11.4. The van der Waals surface area contributed by atoms with Crippen molar-refractivity contribution in [2.45, 2.75) is 0 Å². The Labute approximate surface area is 135 Å². The Balaban J connectivity index is 2.01. The molecule has 3 aromatic rings. The molecule has 0 aliphatic rings. The highest BCUT2D eigenvalue weighted by Crippen LogP contribution is 2.26. The van der Waals surface area contributed by atoms with E-state index in [-0.39, 0.29) is 0 Å². The summed E-state index contributed by atoms with van der Waals surface area (Å²) in [5.41, 5.74) is 8.23. The topological polar surface area (TPSA) is 50.7 Å². The second-order valence-electron chi connectivity index (χ2n) is 5.01. The average Bonchev–Trinajstić information content (AvgIpc) is 2.62. The first-order valence-electron chi connectivity index (χ1n) is 7.39. The lowest BCUT2D eigenvalue weighted by atomic mass is 10.1. The minimum absolute atomic E-state index is 0.903. The number of allylic oxidation sites excluding steroid dienone is 1. The van der Waals surface area contributed by atoms with E-state index in [4.69, 9.17) is 5.73 Å². The van der Waals surface area contributed by atoms with Gasteiger partial charge in [-0.25, -0.2) is 4.99 Å². The standard InChI is InChI=1S/C20H17N3/c21-15-22-13-18(16-7-2-1-3-8-16)14-23-20-12-6-10-17-9-4-5-11-19(17)20/h1-15H,(H2,21,22)/b18-13+,23-14?. The molecule has 112 valence electrons. The van der Waals surface area contributed by atoms with E-state index in [2.05, 4.69) is 28.2 Å². The van der Waals surface area contributed by atoms with Crippen LogP contribution in [0.15, 0.2) is 89.0 Å². The number of nitrogens with zero attached hydrogens (tertiary/aromatic N) is 2. The fraction of sp³-hybridized carbons (Fsp3) is 0. The lowest BCUT2D eigenvalue weighted by Crippen LogP contribution is -1.89. The van der Waals surface area contributed by atoms with Gasteiger partial charge in [0.15, 0.2) is 0 Å². The van der Waals surface area contributed by atoms with Gasteiger partial charge >= 0.3 is 0 Å². The summed E-state index contributed by atoms with van der Waals surface area (Å²) in [5, 5.41) is 2.30. The molecule has 0 heterocycles. The molecular formula is C20H17N3. The third-order valence-corrected chi connectivity index (χ3v) is 3.52. The Kier molecular flexibility index (Phi) is 4.60. The van der Waals surface area contributed by atoms with Crippen molar-refractivity contribution in [1.82, 2.24) is 0 Å². The van der Waals surface area contributed by atoms with E-state index in [1.54, 1.807) is 6.20 Å². The number of nitrogens with two attached hydrogens (primary N) is 1. The van der Waals surface area contributed by atoms with Gasteiger partial charge in [-0.2, -0.15) is 0 Å². The van der Waals surface area contributed by atoms with Crippen LogP contribution >= 0.6 is 0 Å². The van der Waals surface area contributed by atoms with Crippen LogP contribution in [0, 0.1) is 0 Å². The maximum absolute atomic E-state index is 5.36. The molecule has 0 aliphatic heterocycles. The van der Waals surface area contributed by atoms with Gasteiger partial charge in [0.2, 0.25) is 0 Å². The molecule has 3 aromatic carbocycles. The van der Waals surface area contributed by atoms with Crippen LogP contribution in [0.2, 0.25) is 0 Å². The first-order valence-corrected chi connectivity index (χ1v) is 7.39. The molecule has 2 N–H and O–H groups in total. The monoisotopic (exact) mass is 299 g/mol. The normalized spacial score (nSPS) is 12.4. The van der Waals surface area contributed by atoms with Gasteiger partial charge < -0.3 is 5.73 Å².